The molecule has 0 amide bonds. The Morgan fingerprint density at radius 2 is 1.23 bits per heavy atom. The van der Waals surface area contributed by atoms with Crippen molar-refractivity contribution in [1.29, 1.82) is 0 Å². The number of phenols is 1. The third kappa shape index (κ3) is 5.13. The predicted molar refractivity (Wildman–Crippen MR) is 136 cm³/mol. The van der Waals surface area contributed by atoms with Gasteiger partial charge in [-0.15, -0.1) is 0 Å². The highest BCUT2D eigenvalue weighted by molar-refractivity contribution is 5.88. The maximum Gasteiger partial charge on any atom is 0.229 e. The summed E-state index contributed by atoms with van der Waals surface area (Å²) < 4.78 is 27.6. The van der Waals surface area contributed by atoms with Gasteiger partial charge >= 0.3 is 0 Å². The molecule has 2 saturated heterocycles. The van der Waals surface area contributed by atoms with Crippen LogP contribution in [-0.4, -0.2) is 97.2 Å². The average molecular weight is 563 g/mol. The van der Waals surface area contributed by atoms with E-state index in [0.29, 0.717) is 5.56 Å². The van der Waals surface area contributed by atoms with E-state index >= 15 is 0 Å². The Labute approximate surface area is 227 Å². The minimum Gasteiger partial charge on any atom is -0.507 e. The third-order valence-electron chi connectivity index (χ3n) is 7.12. The van der Waals surface area contributed by atoms with Gasteiger partial charge in [0, 0.05) is 12.1 Å². The quantitative estimate of drug-likeness (QED) is 0.211. The lowest BCUT2D eigenvalue weighted by Gasteiger charge is -2.38. The van der Waals surface area contributed by atoms with Crippen LogP contribution in [-0.2, 0) is 9.47 Å². The van der Waals surface area contributed by atoms with E-state index in [0.717, 1.165) is 6.07 Å². The highest BCUT2D eigenvalue weighted by Crippen LogP contribution is 2.33. The molecule has 1 aromatic heterocycles. The fourth-order valence-corrected chi connectivity index (χ4v) is 4.68. The van der Waals surface area contributed by atoms with Crippen molar-refractivity contribution >= 4 is 11.0 Å². The van der Waals surface area contributed by atoms with Crippen molar-refractivity contribution in [2.75, 3.05) is 0 Å². The molecule has 2 aliphatic rings. The van der Waals surface area contributed by atoms with Crippen LogP contribution in [0.15, 0.2) is 51.9 Å². The first kappa shape index (κ1) is 28.3. The van der Waals surface area contributed by atoms with Crippen LogP contribution in [0.2, 0.25) is 0 Å². The number of benzene rings is 2. The summed E-state index contributed by atoms with van der Waals surface area (Å²) in [6.45, 7) is 3.03. The number of fused-ring (bicyclic) bond motifs is 1. The lowest BCUT2D eigenvalue weighted by molar-refractivity contribution is -0.268. The Morgan fingerprint density at radius 1 is 0.700 bits per heavy atom. The van der Waals surface area contributed by atoms with Crippen molar-refractivity contribution in [3.63, 3.8) is 0 Å². The zero-order chi connectivity index (χ0) is 28.9. The molecule has 0 bridgehead atoms. The summed E-state index contributed by atoms with van der Waals surface area (Å²) in [7, 11) is 0. The molecule has 0 radical (unpaired) electrons. The van der Waals surface area contributed by atoms with Crippen LogP contribution in [0.5, 0.6) is 17.2 Å². The van der Waals surface area contributed by atoms with E-state index in [2.05, 4.69) is 0 Å². The molecule has 2 aliphatic heterocycles. The number of aromatic hydroxyl groups is 1. The number of hydrogen-bond acceptors (Lipinski definition) is 13. The first-order valence-electron chi connectivity index (χ1n) is 12.6. The van der Waals surface area contributed by atoms with Gasteiger partial charge in [-0.1, -0.05) is 12.1 Å². The molecule has 2 fully saturated rings. The fraction of sp³-hybridized carbons (Fsp3) is 0.444. The molecule has 0 saturated carbocycles. The largest absolute Gasteiger partial charge is 0.507 e. The lowest BCUT2D eigenvalue weighted by Crippen LogP contribution is -2.58. The molecule has 0 aliphatic carbocycles. The monoisotopic (exact) mass is 562 g/mol. The summed E-state index contributed by atoms with van der Waals surface area (Å²) in [5.74, 6) is -0.209. The van der Waals surface area contributed by atoms with E-state index < -0.39 is 72.6 Å². The van der Waals surface area contributed by atoms with E-state index in [1.807, 2.05) is 0 Å². The van der Waals surface area contributed by atoms with Crippen molar-refractivity contribution < 1.29 is 59.1 Å². The number of ether oxygens (including phenoxy) is 4. The van der Waals surface area contributed by atoms with Gasteiger partial charge in [-0.2, -0.15) is 0 Å². The molecule has 5 rings (SSSR count). The summed E-state index contributed by atoms with van der Waals surface area (Å²) in [5, 5.41) is 70.5. The smallest absolute Gasteiger partial charge is 0.229 e. The summed E-state index contributed by atoms with van der Waals surface area (Å²) in [4.78, 5) is 13.3. The number of aliphatic hydroxyl groups is 6. The number of aliphatic hydroxyl groups excluding tert-OH is 6. The van der Waals surface area contributed by atoms with Crippen molar-refractivity contribution in [3.8, 4) is 28.4 Å². The summed E-state index contributed by atoms with van der Waals surface area (Å²) in [5.41, 5.74) is -0.00368. The van der Waals surface area contributed by atoms with Crippen molar-refractivity contribution in [2.45, 2.75) is 75.3 Å². The highest BCUT2D eigenvalue weighted by atomic mass is 16.7. The Bertz CT molecular complexity index is 1410. The van der Waals surface area contributed by atoms with Crippen LogP contribution in [0.1, 0.15) is 13.8 Å². The van der Waals surface area contributed by atoms with Gasteiger partial charge in [0.25, 0.3) is 0 Å². The van der Waals surface area contributed by atoms with Crippen LogP contribution in [0.25, 0.3) is 22.1 Å². The molecule has 13 heteroatoms. The molecule has 0 spiro atoms. The Hall–Kier alpha value is -3.27. The van der Waals surface area contributed by atoms with Gasteiger partial charge in [-0.3, -0.25) is 4.79 Å². The minimum atomic E-state index is -1.57. The maximum absolute atomic E-state index is 13.3. The number of rotatable bonds is 5. The molecule has 2 unspecified atom stereocenters. The Balaban J connectivity index is 1.35. The van der Waals surface area contributed by atoms with E-state index in [1.165, 1.54) is 38.3 Å². The maximum atomic E-state index is 13.3. The SMILES string of the molecule is C[C@H]1OC(Oc2ccc(-c3coc4cc(OC5O[C@H](C)[C@H](O)[C@H](O)[C@@H]5O)cc(O)c4c3=O)cc2)[C@@H](O)[C@@H](O)[C@H]1O. The van der Waals surface area contributed by atoms with Gasteiger partial charge in [0.05, 0.1) is 17.8 Å². The molecule has 13 nitrogen and oxygen atoms in total. The predicted octanol–water partition coefficient (Wildman–Crippen LogP) is -0.422. The number of hydrogen-bond donors (Lipinski definition) is 7. The van der Waals surface area contributed by atoms with Gasteiger partial charge in [0.1, 0.15) is 71.1 Å². The van der Waals surface area contributed by atoms with Crippen LogP contribution in [0, 0.1) is 0 Å². The van der Waals surface area contributed by atoms with E-state index in [4.69, 9.17) is 23.4 Å². The van der Waals surface area contributed by atoms with E-state index in [1.54, 1.807) is 12.1 Å². The molecular weight excluding hydrogens is 532 g/mol. The van der Waals surface area contributed by atoms with Crippen LogP contribution >= 0.6 is 0 Å². The second-order valence-corrected chi connectivity index (χ2v) is 9.92. The number of phenolic OH excluding ortho intramolecular Hbond substituents is 1. The lowest BCUT2D eigenvalue weighted by atomic mass is 10.00. The van der Waals surface area contributed by atoms with Crippen LogP contribution < -0.4 is 14.9 Å². The van der Waals surface area contributed by atoms with Gasteiger partial charge in [-0.25, -0.2) is 0 Å². The third-order valence-corrected chi connectivity index (χ3v) is 7.12. The van der Waals surface area contributed by atoms with Gasteiger partial charge < -0.3 is 59.1 Å². The molecule has 40 heavy (non-hydrogen) atoms. The zero-order valence-electron chi connectivity index (χ0n) is 21.4. The topological polar surface area (TPSA) is 209 Å². The molecule has 10 atom stereocenters. The molecule has 216 valence electrons. The zero-order valence-corrected chi connectivity index (χ0v) is 21.4. The minimum absolute atomic E-state index is 0.0127. The fourth-order valence-electron chi connectivity index (χ4n) is 4.68. The molecular formula is C27H30O13. The summed E-state index contributed by atoms with van der Waals surface area (Å²) in [6.07, 6.45) is -11.6. The first-order valence-corrected chi connectivity index (χ1v) is 12.6. The Morgan fingerprint density at radius 3 is 1.77 bits per heavy atom. The molecule has 2 aromatic carbocycles. The second-order valence-electron chi connectivity index (χ2n) is 9.92. The van der Waals surface area contributed by atoms with Crippen LogP contribution in [0.4, 0.5) is 0 Å². The van der Waals surface area contributed by atoms with Gasteiger partial charge in [-0.05, 0) is 31.5 Å². The van der Waals surface area contributed by atoms with Crippen LogP contribution in [0.3, 0.4) is 0 Å². The molecule has 7 N–H and O–H groups in total. The standard InChI is InChI=1S/C27H30O13/c1-10-19(29)22(32)24(34)26(37-10)39-13-5-3-12(4-6-13)15-9-36-17-8-14(7-16(28)18(17)21(15)31)40-27-25(35)23(33)20(30)11(2)38-27/h3-11,19-20,22-30,32-35H,1-2H3/t10-,11-,19+,20+,22+,23+,24+,25+,26?,27?/m1/s1. The molecule has 3 heterocycles. The Kier molecular flexibility index (Phi) is 7.74. The van der Waals surface area contributed by atoms with E-state index in [9.17, 15) is 40.5 Å². The normalized spacial score (nSPS) is 34.5. The molecule has 3 aromatic rings. The van der Waals surface area contributed by atoms with Crippen molar-refractivity contribution in [3.05, 3.63) is 52.9 Å². The van der Waals surface area contributed by atoms with Crippen molar-refractivity contribution in [2.24, 2.45) is 0 Å². The van der Waals surface area contributed by atoms with Crippen molar-refractivity contribution in [1.82, 2.24) is 0 Å². The van der Waals surface area contributed by atoms with Gasteiger partial charge in [0.15, 0.2) is 0 Å². The average Bonchev–Trinajstić information content (AvgIpc) is 2.93. The summed E-state index contributed by atoms with van der Waals surface area (Å²) in [6, 6.07) is 8.58. The second kappa shape index (κ2) is 11.0. The van der Waals surface area contributed by atoms with E-state index in [-0.39, 0.29) is 28.0 Å². The highest BCUT2D eigenvalue weighted by Gasteiger charge is 2.44. The first-order chi connectivity index (χ1) is 19.0. The summed E-state index contributed by atoms with van der Waals surface area (Å²) >= 11 is 0. The van der Waals surface area contributed by atoms with Gasteiger partial charge in [0.2, 0.25) is 18.0 Å².